The van der Waals surface area contributed by atoms with Gasteiger partial charge in [0.2, 0.25) is 11.0 Å². The Morgan fingerprint density at radius 1 is 1.25 bits per heavy atom. The average molecular weight is 404 g/mol. The maximum Gasteiger partial charge on any atom is 0.410 e. The fourth-order valence-corrected chi connectivity index (χ4v) is 3.39. The molecule has 0 aliphatic carbocycles. The van der Waals surface area contributed by atoms with Crippen LogP contribution in [-0.2, 0) is 16.0 Å². The van der Waals surface area contributed by atoms with E-state index in [0.29, 0.717) is 29.8 Å². The number of carbonyl (C=O) groups is 2. The van der Waals surface area contributed by atoms with Gasteiger partial charge >= 0.3 is 6.09 Å². The predicted octanol–water partition coefficient (Wildman–Crippen LogP) is 3.11. The number of anilines is 1. The molecule has 3 rings (SSSR count). The summed E-state index contributed by atoms with van der Waals surface area (Å²) < 4.78 is 11.2. The lowest BCUT2D eigenvalue weighted by molar-refractivity contribution is -0.115. The highest BCUT2D eigenvalue weighted by Gasteiger charge is 2.31. The van der Waals surface area contributed by atoms with Crippen LogP contribution < -0.4 is 10.1 Å². The van der Waals surface area contributed by atoms with Gasteiger partial charge in [0.25, 0.3) is 5.19 Å². The van der Waals surface area contributed by atoms with Crippen LogP contribution in [0.15, 0.2) is 30.3 Å². The zero-order valence-electron chi connectivity index (χ0n) is 16.2. The summed E-state index contributed by atoms with van der Waals surface area (Å²) in [5.74, 6) is -0.161. The van der Waals surface area contributed by atoms with Crippen molar-refractivity contribution in [2.75, 3.05) is 18.4 Å². The molecule has 1 aromatic heterocycles. The second kappa shape index (κ2) is 8.55. The van der Waals surface area contributed by atoms with Crippen molar-refractivity contribution in [1.29, 1.82) is 0 Å². The first-order valence-electron chi connectivity index (χ1n) is 9.10. The van der Waals surface area contributed by atoms with Crippen LogP contribution in [0.1, 0.15) is 32.8 Å². The third-order valence-corrected chi connectivity index (χ3v) is 4.65. The van der Waals surface area contributed by atoms with E-state index >= 15 is 0 Å². The van der Waals surface area contributed by atoms with Gasteiger partial charge in [-0.1, -0.05) is 35.4 Å². The predicted molar refractivity (Wildman–Crippen MR) is 106 cm³/mol. The Balaban J connectivity index is 1.47. The summed E-state index contributed by atoms with van der Waals surface area (Å²) >= 11 is 1.17. The molecule has 1 aliphatic rings. The third kappa shape index (κ3) is 5.91. The molecule has 9 heteroatoms. The van der Waals surface area contributed by atoms with E-state index in [0.717, 1.165) is 5.56 Å². The zero-order chi connectivity index (χ0) is 20.1. The van der Waals surface area contributed by atoms with Gasteiger partial charge < -0.3 is 19.7 Å². The highest BCUT2D eigenvalue weighted by Crippen LogP contribution is 2.26. The van der Waals surface area contributed by atoms with E-state index in [2.05, 4.69) is 15.5 Å². The van der Waals surface area contributed by atoms with Crippen molar-refractivity contribution in [3.05, 3.63) is 35.9 Å². The Bertz CT molecular complexity index is 819. The van der Waals surface area contributed by atoms with Crippen LogP contribution in [0.25, 0.3) is 0 Å². The van der Waals surface area contributed by atoms with Crippen LogP contribution in [0.4, 0.5) is 9.93 Å². The van der Waals surface area contributed by atoms with Gasteiger partial charge in [0.1, 0.15) is 11.7 Å². The van der Waals surface area contributed by atoms with Gasteiger partial charge in [-0.3, -0.25) is 4.79 Å². The number of benzene rings is 1. The van der Waals surface area contributed by atoms with Crippen molar-refractivity contribution in [3.8, 4) is 5.19 Å². The molecule has 2 amide bonds. The van der Waals surface area contributed by atoms with Crippen molar-refractivity contribution < 1.29 is 19.1 Å². The molecule has 0 bridgehead atoms. The Hall–Kier alpha value is -2.68. The van der Waals surface area contributed by atoms with Crippen molar-refractivity contribution in [1.82, 2.24) is 15.1 Å². The topological polar surface area (TPSA) is 93.7 Å². The zero-order valence-corrected chi connectivity index (χ0v) is 17.0. The fraction of sp³-hybridized carbons (Fsp3) is 0.474. The number of nitrogens with one attached hydrogen (secondary N) is 1. The van der Waals surface area contributed by atoms with Gasteiger partial charge in [0, 0.05) is 13.0 Å². The van der Waals surface area contributed by atoms with Crippen LogP contribution in [0.5, 0.6) is 5.19 Å². The number of aromatic nitrogens is 2. The van der Waals surface area contributed by atoms with Crippen LogP contribution >= 0.6 is 11.3 Å². The molecule has 1 atom stereocenters. The molecule has 150 valence electrons. The normalized spacial score (nSPS) is 16.7. The number of nitrogens with zero attached hydrogens (tertiary/aromatic N) is 3. The molecule has 0 spiro atoms. The first kappa shape index (κ1) is 20.1. The molecule has 28 heavy (non-hydrogen) atoms. The standard InChI is InChI=1S/C19H24N4O4S/c1-19(2,3)27-18(25)23-10-9-14(12-23)26-17-22-21-16(28-17)20-15(24)11-13-7-5-4-6-8-13/h4-8,14H,9-12H2,1-3H3,(H,20,21,24)/t14-/m1/s1. The minimum atomic E-state index is -0.526. The molecule has 0 unspecified atom stereocenters. The molecule has 8 nitrogen and oxygen atoms in total. The molecule has 2 aromatic rings. The van der Waals surface area contributed by atoms with Crippen LogP contribution in [0, 0.1) is 0 Å². The molecule has 1 fully saturated rings. The minimum Gasteiger partial charge on any atom is -0.464 e. The monoisotopic (exact) mass is 404 g/mol. The molecule has 1 aromatic carbocycles. The van der Waals surface area contributed by atoms with Gasteiger partial charge in [-0.05, 0) is 37.7 Å². The fourth-order valence-electron chi connectivity index (χ4n) is 2.71. The summed E-state index contributed by atoms with van der Waals surface area (Å²) in [5.41, 5.74) is 0.399. The molecular weight excluding hydrogens is 380 g/mol. The first-order chi connectivity index (χ1) is 13.3. The largest absolute Gasteiger partial charge is 0.464 e. The smallest absolute Gasteiger partial charge is 0.410 e. The number of amides is 2. The number of rotatable bonds is 5. The van der Waals surface area contributed by atoms with E-state index in [9.17, 15) is 9.59 Å². The number of likely N-dealkylation sites (tertiary alicyclic amines) is 1. The molecule has 2 heterocycles. The summed E-state index contributed by atoms with van der Waals surface area (Å²) in [6.07, 6.45) is 0.441. The van der Waals surface area contributed by atoms with Crippen molar-refractivity contribution >= 4 is 28.5 Å². The Morgan fingerprint density at radius 3 is 2.71 bits per heavy atom. The lowest BCUT2D eigenvalue weighted by Gasteiger charge is -2.24. The summed E-state index contributed by atoms with van der Waals surface area (Å²) in [4.78, 5) is 25.8. The van der Waals surface area contributed by atoms with E-state index in [1.165, 1.54) is 11.3 Å². The SMILES string of the molecule is CC(C)(C)OC(=O)N1CC[C@@H](Oc2nnc(NC(=O)Cc3ccccc3)s2)C1. The van der Waals surface area contributed by atoms with E-state index in [-0.39, 0.29) is 24.5 Å². The van der Waals surface area contributed by atoms with Crippen LogP contribution in [0.3, 0.4) is 0 Å². The lowest BCUT2D eigenvalue weighted by atomic mass is 10.1. The molecule has 0 saturated carbocycles. The number of carbonyl (C=O) groups excluding carboxylic acids is 2. The molecule has 1 aliphatic heterocycles. The lowest BCUT2D eigenvalue weighted by Crippen LogP contribution is -2.36. The number of ether oxygens (including phenoxy) is 2. The van der Waals surface area contributed by atoms with Crippen LogP contribution in [0.2, 0.25) is 0 Å². The molecule has 1 N–H and O–H groups in total. The number of hydrogen-bond acceptors (Lipinski definition) is 7. The Kier molecular flexibility index (Phi) is 6.13. The van der Waals surface area contributed by atoms with E-state index < -0.39 is 5.60 Å². The van der Waals surface area contributed by atoms with Gasteiger partial charge in [-0.25, -0.2) is 4.79 Å². The van der Waals surface area contributed by atoms with Crippen LogP contribution in [-0.4, -0.2) is 51.9 Å². The van der Waals surface area contributed by atoms with E-state index in [1.807, 2.05) is 51.1 Å². The van der Waals surface area contributed by atoms with Crippen molar-refractivity contribution in [3.63, 3.8) is 0 Å². The second-order valence-electron chi connectivity index (χ2n) is 7.54. The summed E-state index contributed by atoms with van der Waals surface area (Å²) in [5, 5.41) is 11.4. The van der Waals surface area contributed by atoms with E-state index in [1.54, 1.807) is 4.90 Å². The first-order valence-corrected chi connectivity index (χ1v) is 9.92. The average Bonchev–Trinajstić information content (AvgIpc) is 3.24. The Labute approximate surface area is 167 Å². The highest BCUT2D eigenvalue weighted by molar-refractivity contribution is 7.17. The maximum absolute atomic E-state index is 12.1. The second-order valence-corrected chi connectivity index (χ2v) is 8.48. The summed E-state index contributed by atoms with van der Waals surface area (Å²) in [7, 11) is 0. The quantitative estimate of drug-likeness (QED) is 0.823. The minimum absolute atomic E-state index is 0.161. The summed E-state index contributed by atoms with van der Waals surface area (Å²) in [6, 6.07) is 9.47. The third-order valence-electron chi connectivity index (χ3n) is 3.92. The van der Waals surface area contributed by atoms with E-state index in [4.69, 9.17) is 9.47 Å². The van der Waals surface area contributed by atoms with Gasteiger partial charge in [0.15, 0.2) is 0 Å². The number of hydrogen-bond donors (Lipinski definition) is 1. The molecular formula is C19H24N4O4S. The Morgan fingerprint density at radius 2 is 2.00 bits per heavy atom. The molecule has 0 radical (unpaired) electrons. The van der Waals surface area contributed by atoms with Crippen molar-refractivity contribution in [2.45, 2.75) is 45.3 Å². The van der Waals surface area contributed by atoms with Gasteiger partial charge in [-0.15, -0.1) is 5.10 Å². The van der Waals surface area contributed by atoms with Crippen molar-refractivity contribution in [2.24, 2.45) is 0 Å². The highest BCUT2D eigenvalue weighted by atomic mass is 32.1. The van der Waals surface area contributed by atoms with Gasteiger partial charge in [0.05, 0.1) is 13.0 Å². The molecule has 1 saturated heterocycles. The van der Waals surface area contributed by atoms with Gasteiger partial charge in [-0.2, -0.15) is 0 Å². The maximum atomic E-state index is 12.1. The summed E-state index contributed by atoms with van der Waals surface area (Å²) in [6.45, 7) is 6.51.